The first-order chi connectivity index (χ1) is 21.5. The molecule has 2 saturated heterocycles. The van der Waals surface area contributed by atoms with E-state index in [0.717, 1.165) is 11.0 Å². The first-order valence-electron chi connectivity index (χ1n) is 13.6. The zero-order valence-corrected chi connectivity index (χ0v) is 26.2. The molecule has 4 aromatic rings. The first-order valence-corrected chi connectivity index (χ1v) is 15.1. The molecule has 10 N–H and O–H groups in total. The van der Waals surface area contributed by atoms with Gasteiger partial charge in [-0.25, -0.2) is 4.29 Å². The molecule has 0 amide bonds. The van der Waals surface area contributed by atoms with Crippen LogP contribution in [-0.2, 0) is 19.4 Å². The van der Waals surface area contributed by atoms with E-state index in [1.54, 1.807) is 36.5 Å². The second kappa shape index (κ2) is 14.0. The van der Waals surface area contributed by atoms with Gasteiger partial charge >= 0.3 is 0 Å². The number of aliphatic hydroxyl groups excluding tert-OH is 7. The van der Waals surface area contributed by atoms with Crippen LogP contribution in [0.3, 0.4) is 0 Å². The zero-order valence-electron chi connectivity index (χ0n) is 23.1. The summed E-state index contributed by atoms with van der Waals surface area (Å²) in [4.78, 5) is 5.94. The van der Waals surface area contributed by atoms with Crippen LogP contribution in [0.2, 0.25) is 5.02 Å². The van der Waals surface area contributed by atoms with E-state index in [0.29, 0.717) is 26.0 Å². The number of hydrogen-bond acceptors (Lipinski definition) is 12. The maximum absolute atomic E-state index is 11.0. The predicted octanol–water partition coefficient (Wildman–Crippen LogP) is 0.727. The lowest BCUT2D eigenvalue weighted by Gasteiger charge is -2.46. The SMILES string of the molecule is OCC1OC(Oc2c[nH]c3ccc(Br)c(Cl)c23)C(O)C(O)C1O.OC[C@H]1O[C@@H](OCl)[C@H](O)[C@](O)(c2c[nH]c3ccccc23)[C@H]1O. The van der Waals surface area contributed by atoms with Gasteiger partial charge in [0.1, 0.15) is 48.5 Å². The highest BCUT2D eigenvalue weighted by Crippen LogP contribution is 2.42. The summed E-state index contributed by atoms with van der Waals surface area (Å²) in [6, 6.07) is 10.7. The Morgan fingerprint density at radius 2 is 1.49 bits per heavy atom. The second-order valence-corrected chi connectivity index (χ2v) is 11.9. The van der Waals surface area contributed by atoms with E-state index >= 15 is 0 Å². The van der Waals surface area contributed by atoms with Gasteiger partial charge in [-0.2, -0.15) is 0 Å². The highest BCUT2D eigenvalue weighted by Gasteiger charge is 2.57. The van der Waals surface area contributed by atoms with Crippen molar-refractivity contribution in [3.05, 3.63) is 63.9 Å². The van der Waals surface area contributed by atoms with Gasteiger partial charge in [0.15, 0.2) is 5.60 Å². The van der Waals surface area contributed by atoms with Gasteiger partial charge in [-0.1, -0.05) is 29.8 Å². The van der Waals surface area contributed by atoms with Crippen molar-refractivity contribution in [2.75, 3.05) is 13.2 Å². The molecule has 0 bridgehead atoms. The molecule has 0 radical (unpaired) electrons. The quantitative estimate of drug-likeness (QED) is 0.132. The van der Waals surface area contributed by atoms with Crippen LogP contribution in [0.15, 0.2) is 53.3 Å². The minimum atomic E-state index is -2.12. The smallest absolute Gasteiger partial charge is 0.229 e. The number of aliphatic hydroxyl groups is 8. The average molecular weight is 738 g/mol. The summed E-state index contributed by atoms with van der Waals surface area (Å²) in [5.74, 6) is 0.315. The minimum Gasteiger partial charge on any atom is -0.460 e. The van der Waals surface area contributed by atoms with E-state index in [2.05, 4.69) is 30.2 Å². The van der Waals surface area contributed by atoms with Crippen LogP contribution < -0.4 is 4.74 Å². The van der Waals surface area contributed by atoms with Crippen molar-refractivity contribution >= 4 is 61.2 Å². The first kappa shape index (κ1) is 34.3. The van der Waals surface area contributed by atoms with Crippen LogP contribution in [0.5, 0.6) is 5.75 Å². The zero-order chi connectivity index (χ0) is 32.6. The average Bonchev–Trinajstić information content (AvgIpc) is 3.67. The fourth-order valence-electron chi connectivity index (χ4n) is 5.43. The molecule has 5 unspecified atom stereocenters. The van der Waals surface area contributed by atoms with Crippen molar-refractivity contribution in [3.8, 4) is 5.75 Å². The van der Waals surface area contributed by atoms with Crippen LogP contribution in [0.25, 0.3) is 21.8 Å². The fourth-order valence-corrected chi connectivity index (χ4v) is 6.16. The van der Waals surface area contributed by atoms with Gasteiger partial charge in [-0.05, 0) is 34.1 Å². The van der Waals surface area contributed by atoms with Gasteiger partial charge in [0.25, 0.3) is 0 Å². The Balaban J connectivity index is 0.000000178. The van der Waals surface area contributed by atoms with Crippen molar-refractivity contribution in [2.24, 2.45) is 0 Å². The van der Waals surface area contributed by atoms with Crippen LogP contribution in [0, 0.1) is 0 Å². The van der Waals surface area contributed by atoms with Gasteiger partial charge in [0.2, 0.25) is 12.6 Å². The Hall–Kier alpha value is -2.06. The molecule has 2 aromatic carbocycles. The van der Waals surface area contributed by atoms with E-state index in [-0.39, 0.29) is 5.56 Å². The minimum absolute atomic E-state index is 0.267. The van der Waals surface area contributed by atoms with Crippen LogP contribution in [-0.4, -0.2) is 119 Å². The number of hydrogen-bond donors (Lipinski definition) is 10. The van der Waals surface area contributed by atoms with Crippen LogP contribution in [0.4, 0.5) is 0 Å². The molecule has 17 heteroatoms. The lowest BCUT2D eigenvalue weighted by atomic mass is 9.78. The Labute approximate surface area is 273 Å². The van der Waals surface area contributed by atoms with Gasteiger partial charge in [-0.3, -0.25) is 0 Å². The van der Waals surface area contributed by atoms with Crippen molar-refractivity contribution in [3.63, 3.8) is 0 Å². The van der Waals surface area contributed by atoms with Crippen LogP contribution >= 0.6 is 39.4 Å². The summed E-state index contributed by atoms with van der Waals surface area (Å²) in [5, 5.41) is 81.5. The number of rotatable bonds is 6. The van der Waals surface area contributed by atoms with Crippen molar-refractivity contribution in [1.82, 2.24) is 9.97 Å². The largest absolute Gasteiger partial charge is 0.460 e. The number of fused-ring (bicyclic) bond motifs is 2. The molecule has 2 aromatic heterocycles. The van der Waals surface area contributed by atoms with E-state index in [9.17, 15) is 40.9 Å². The number of ether oxygens (including phenoxy) is 3. The van der Waals surface area contributed by atoms with Crippen molar-refractivity contribution in [1.29, 1.82) is 0 Å². The molecule has 0 spiro atoms. The number of aromatic amines is 2. The van der Waals surface area contributed by atoms with Gasteiger partial charge in [0, 0.05) is 33.3 Å². The number of aromatic nitrogens is 2. The Morgan fingerprint density at radius 3 is 2.18 bits per heavy atom. The molecule has 10 atom stereocenters. The molecule has 2 aliphatic heterocycles. The van der Waals surface area contributed by atoms with E-state index < -0.39 is 74.1 Å². The van der Waals surface area contributed by atoms with E-state index in [4.69, 9.17) is 37.7 Å². The lowest BCUT2D eigenvalue weighted by Crippen LogP contribution is -2.65. The van der Waals surface area contributed by atoms with E-state index in [1.165, 1.54) is 6.20 Å². The lowest BCUT2D eigenvalue weighted by molar-refractivity contribution is -0.318. The van der Waals surface area contributed by atoms with Crippen molar-refractivity contribution in [2.45, 2.75) is 60.9 Å². The maximum Gasteiger partial charge on any atom is 0.229 e. The highest BCUT2D eigenvalue weighted by atomic mass is 79.9. The molecule has 0 saturated carbocycles. The fraction of sp³-hybridized carbons (Fsp3) is 0.429. The van der Waals surface area contributed by atoms with Gasteiger partial charge in [-0.15, -0.1) is 0 Å². The Kier molecular flexibility index (Phi) is 10.6. The third-order valence-corrected chi connectivity index (χ3v) is 9.36. The van der Waals surface area contributed by atoms with Gasteiger partial charge in [0.05, 0.1) is 41.0 Å². The van der Waals surface area contributed by atoms with Crippen molar-refractivity contribution < 1.29 is 59.4 Å². The Bertz CT molecular complexity index is 1590. The monoisotopic (exact) mass is 736 g/mol. The Morgan fingerprint density at radius 1 is 0.822 bits per heavy atom. The number of H-pyrrole nitrogens is 2. The molecule has 4 heterocycles. The third kappa shape index (κ3) is 6.19. The molecule has 2 aliphatic rings. The van der Waals surface area contributed by atoms with E-state index in [1.807, 2.05) is 6.07 Å². The van der Waals surface area contributed by atoms with Gasteiger partial charge < -0.3 is 65.0 Å². The topological polar surface area (TPSA) is 230 Å². The molecular weight excluding hydrogens is 707 g/mol. The summed E-state index contributed by atoms with van der Waals surface area (Å²) in [6.07, 6.45) is -9.47. The number of benzene rings is 2. The summed E-state index contributed by atoms with van der Waals surface area (Å²) >= 11 is 14.9. The number of para-hydroxylation sites is 1. The standard InChI is InChI=1S/C14H15BrClNO6.C14H16ClNO6/c15-5-1-2-6-9(10(5)16)7(3-17-6)22-14-13(21)12(20)11(19)8(4-18)23-14;15-22-13-12(19)14(20,11(18)10(6-17)21-13)8-5-16-9-4-2-1-3-7(8)9/h1-3,8,11-14,17-21H,4H2;1-5,10-13,16-20H,6H2/t;10-,11+,12+,13+,14+/m.1/s1. The molecule has 14 nitrogen and oxygen atoms in total. The summed E-state index contributed by atoms with van der Waals surface area (Å²) in [6.45, 7) is -1.10. The molecule has 6 rings (SSSR count). The third-order valence-electron chi connectivity index (χ3n) is 7.90. The second-order valence-electron chi connectivity index (χ2n) is 10.5. The predicted molar refractivity (Wildman–Crippen MR) is 162 cm³/mol. The maximum atomic E-state index is 11.0. The molecule has 246 valence electrons. The summed E-state index contributed by atoms with van der Waals surface area (Å²) in [7, 11) is 0. The summed E-state index contributed by atoms with van der Waals surface area (Å²) < 4.78 is 21.2. The number of halogens is 3. The molecule has 2 fully saturated rings. The highest BCUT2D eigenvalue weighted by molar-refractivity contribution is 9.10. The van der Waals surface area contributed by atoms with Crippen LogP contribution in [0.1, 0.15) is 5.56 Å². The molecular formula is C28H31BrCl2N2O12. The molecule has 45 heavy (non-hydrogen) atoms. The normalized spacial score (nSPS) is 33.6. The molecule has 0 aliphatic carbocycles. The summed E-state index contributed by atoms with van der Waals surface area (Å²) in [5.41, 5.74) is -0.410. The number of nitrogens with one attached hydrogen (secondary N) is 2.